The van der Waals surface area contributed by atoms with Crippen LogP contribution in [0.2, 0.25) is 0 Å². The summed E-state index contributed by atoms with van der Waals surface area (Å²) in [5.74, 6) is 1.63. The van der Waals surface area contributed by atoms with Crippen molar-refractivity contribution in [3.05, 3.63) is 57.1 Å². The van der Waals surface area contributed by atoms with Gasteiger partial charge in [-0.25, -0.2) is 0 Å². The molecule has 22 heavy (non-hydrogen) atoms. The molecule has 0 radical (unpaired) electrons. The highest BCUT2D eigenvalue weighted by molar-refractivity contribution is 8.03. The Morgan fingerprint density at radius 3 is 3.09 bits per heavy atom. The molecule has 0 spiro atoms. The molecule has 112 valence electrons. The Kier molecular flexibility index (Phi) is 3.05. The van der Waals surface area contributed by atoms with E-state index >= 15 is 0 Å². The summed E-state index contributed by atoms with van der Waals surface area (Å²) in [5, 5.41) is 0. The Balaban J connectivity index is 1.65. The highest BCUT2D eigenvalue weighted by Gasteiger charge is 2.35. The summed E-state index contributed by atoms with van der Waals surface area (Å²) in [6.07, 6.45) is 7.19. The molecule has 0 N–H and O–H groups in total. The molecule has 1 aliphatic carbocycles. The molecule has 1 aromatic carbocycles. The molecular weight excluding hydrogens is 290 g/mol. The lowest BCUT2D eigenvalue weighted by molar-refractivity contribution is 0.134. The number of fused-ring (bicyclic) bond motifs is 2. The molecule has 0 amide bonds. The number of benzene rings is 1. The lowest BCUT2D eigenvalue weighted by Gasteiger charge is -2.30. The molecule has 0 fully saturated rings. The van der Waals surface area contributed by atoms with Gasteiger partial charge in [0.1, 0.15) is 0 Å². The van der Waals surface area contributed by atoms with Crippen LogP contribution in [-0.2, 0) is 18.0 Å². The zero-order valence-corrected chi connectivity index (χ0v) is 13.4. The zero-order chi connectivity index (χ0) is 14.5. The van der Waals surface area contributed by atoms with E-state index in [4.69, 9.17) is 9.73 Å². The van der Waals surface area contributed by atoms with Crippen molar-refractivity contribution in [2.24, 2.45) is 4.99 Å². The van der Waals surface area contributed by atoms with Crippen molar-refractivity contribution >= 4 is 17.5 Å². The van der Waals surface area contributed by atoms with Crippen LogP contribution in [0.15, 0.2) is 45.4 Å². The lowest BCUT2D eigenvalue weighted by atomic mass is 9.80. The summed E-state index contributed by atoms with van der Waals surface area (Å²) in [4.78, 5) is 6.51. The van der Waals surface area contributed by atoms with Crippen LogP contribution in [0.4, 0.5) is 0 Å². The summed E-state index contributed by atoms with van der Waals surface area (Å²) in [6, 6.07) is 6.97. The Bertz CT molecular complexity index is 744. The van der Waals surface area contributed by atoms with Gasteiger partial charge in [0.05, 0.1) is 18.9 Å². The summed E-state index contributed by atoms with van der Waals surface area (Å²) < 4.78 is 5.59. The SMILES string of the molecule is C1=C2C(=NC3=C(SCC3)C2c2ccc3c(c2)COC3)CCC1. The van der Waals surface area contributed by atoms with Crippen molar-refractivity contribution in [1.29, 1.82) is 0 Å². The Morgan fingerprint density at radius 2 is 2.09 bits per heavy atom. The van der Waals surface area contributed by atoms with Crippen LogP contribution in [0, 0.1) is 0 Å². The van der Waals surface area contributed by atoms with E-state index in [1.54, 1.807) is 0 Å². The first kappa shape index (κ1) is 13.1. The predicted molar refractivity (Wildman–Crippen MR) is 91.1 cm³/mol. The number of rotatable bonds is 1. The van der Waals surface area contributed by atoms with Crippen LogP contribution in [0.5, 0.6) is 0 Å². The third kappa shape index (κ3) is 1.95. The maximum Gasteiger partial charge on any atom is 0.0725 e. The second-order valence-electron chi connectivity index (χ2n) is 6.47. The molecule has 5 rings (SSSR count). The Hall–Kier alpha value is -1.32. The van der Waals surface area contributed by atoms with E-state index in [0.29, 0.717) is 5.92 Å². The van der Waals surface area contributed by atoms with Gasteiger partial charge in [0.2, 0.25) is 0 Å². The van der Waals surface area contributed by atoms with Crippen molar-refractivity contribution in [2.45, 2.75) is 44.8 Å². The molecule has 0 bridgehead atoms. The largest absolute Gasteiger partial charge is 0.372 e. The van der Waals surface area contributed by atoms with Gasteiger partial charge in [0.15, 0.2) is 0 Å². The molecule has 1 aromatic rings. The molecule has 0 saturated carbocycles. The van der Waals surface area contributed by atoms with Gasteiger partial charge in [-0.05, 0) is 47.9 Å². The second kappa shape index (κ2) is 5.10. The summed E-state index contributed by atoms with van der Waals surface area (Å²) >= 11 is 2.02. The molecule has 0 saturated heterocycles. The fourth-order valence-electron chi connectivity index (χ4n) is 4.03. The molecular formula is C19H19NOS. The van der Waals surface area contributed by atoms with Gasteiger partial charge in [-0.2, -0.15) is 0 Å². The molecule has 1 unspecified atom stereocenters. The number of ether oxygens (including phenoxy) is 1. The highest BCUT2D eigenvalue weighted by atomic mass is 32.2. The summed E-state index contributed by atoms with van der Waals surface area (Å²) in [6.45, 7) is 1.55. The van der Waals surface area contributed by atoms with Gasteiger partial charge in [-0.1, -0.05) is 24.3 Å². The minimum Gasteiger partial charge on any atom is -0.372 e. The molecule has 4 aliphatic rings. The van der Waals surface area contributed by atoms with Crippen molar-refractivity contribution in [3.8, 4) is 0 Å². The molecule has 3 heterocycles. The number of aliphatic imine (C=N–C) groups is 1. The predicted octanol–water partition coefficient (Wildman–Crippen LogP) is 4.71. The number of hydrogen-bond acceptors (Lipinski definition) is 3. The standard InChI is InChI=1S/C19H19NOS/c1-2-4-16-15(3-1)18(19-17(20-16)7-8-22-19)12-5-6-13-10-21-11-14(13)9-12/h3,5-6,9,18H,1-2,4,7-8,10-11H2. The quantitative estimate of drug-likeness (QED) is 0.749. The third-order valence-corrected chi connectivity index (χ3v) is 6.31. The van der Waals surface area contributed by atoms with Crippen molar-refractivity contribution in [3.63, 3.8) is 0 Å². The number of allylic oxidation sites excluding steroid dienone is 4. The van der Waals surface area contributed by atoms with Crippen LogP contribution >= 0.6 is 11.8 Å². The first-order chi connectivity index (χ1) is 10.9. The zero-order valence-electron chi connectivity index (χ0n) is 12.6. The topological polar surface area (TPSA) is 21.6 Å². The average molecular weight is 309 g/mol. The average Bonchev–Trinajstić information content (AvgIpc) is 3.20. The smallest absolute Gasteiger partial charge is 0.0725 e. The number of nitrogens with zero attached hydrogens (tertiary/aromatic N) is 1. The van der Waals surface area contributed by atoms with Crippen LogP contribution in [-0.4, -0.2) is 11.5 Å². The fourth-order valence-corrected chi connectivity index (χ4v) is 5.29. The minimum absolute atomic E-state index is 0.432. The van der Waals surface area contributed by atoms with Crippen molar-refractivity contribution in [1.82, 2.24) is 0 Å². The van der Waals surface area contributed by atoms with Gasteiger partial charge < -0.3 is 4.74 Å². The third-order valence-electron chi connectivity index (χ3n) is 5.12. The molecule has 3 heteroatoms. The van der Waals surface area contributed by atoms with Gasteiger partial charge in [-0.15, -0.1) is 11.8 Å². The van der Waals surface area contributed by atoms with E-state index in [1.807, 2.05) is 11.8 Å². The minimum atomic E-state index is 0.432. The van der Waals surface area contributed by atoms with E-state index in [-0.39, 0.29) is 0 Å². The van der Waals surface area contributed by atoms with Crippen LogP contribution in [0.3, 0.4) is 0 Å². The fraction of sp³-hybridized carbons (Fsp3) is 0.421. The highest BCUT2D eigenvalue weighted by Crippen LogP contribution is 2.50. The van der Waals surface area contributed by atoms with Gasteiger partial charge in [0, 0.05) is 22.3 Å². The van der Waals surface area contributed by atoms with Crippen molar-refractivity contribution in [2.75, 3.05) is 5.75 Å². The van der Waals surface area contributed by atoms with E-state index < -0.39 is 0 Å². The van der Waals surface area contributed by atoms with E-state index in [9.17, 15) is 0 Å². The maximum absolute atomic E-state index is 5.59. The molecule has 0 aromatic heterocycles. The van der Waals surface area contributed by atoms with E-state index in [0.717, 1.165) is 26.1 Å². The van der Waals surface area contributed by atoms with Gasteiger partial charge >= 0.3 is 0 Å². The summed E-state index contributed by atoms with van der Waals surface area (Å²) in [5.41, 5.74) is 8.38. The van der Waals surface area contributed by atoms with E-state index in [1.165, 1.54) is 57.2 Å². The maximum atomic E-state index is 5.59. The molecule has 3 aliphatic heterocycles. The lowest BCUT2D eigenvalue weighted by Crippen LogP contribution is -2.20. The first-order valence-corrected chi connectivity index (χ1v) is 9.22. The monoisotopic (exact) mass is 309 g/mol. The molecule has 2 nitrogen and oxygen atoms in total. The van der Waals surface area contributed by atoms with Crippen LogP contribution in [0.1, 0.15) is 48.3 Å². The van der Waals surface area contributed by atoms with Crippen LogP contribution in [0.25, 0.3) is 0 Å². The Morgan fingerprint density at radius 1 is 1.14 bits per heavy atom. The number of hydrogen-bond donors (Lipinski definition) is 0. The second-order valence-corrected chi connectivity index (χ2v) is 7.61. The number of thioether (sulfide) groups is 1. The normalized spacial score (nSPS) is 26.3. The summed E-state index contributed by atoms with van der Waals surface area (Å²) in [7, 11) is 0. The molecule has 1 atom stereocenters. The Labute approximate surface area is 135 Å². The first-order valence-electron chi connectivity index (χ1n) is 8.23. The van der Waals surface area contributed by atoms with Gasteiger partial charge in [0.25, 0.3) is 0 Å². The van der Waals surface area contributed by atoms with Crippen molar-refractivity contribution < 1.29 is 4.74 Å². The van der Waals surface area contributed by atoms with E-state index in [2.05, 4.69) is 24.3 Å². The van der Waals surface area contributed by atoms with Gasteiger partial charge in [-0.3, -0.25) is 4.99 Å². The van der Waals surface area contributed by atoms with Crippen LogP contribution < -0.4 is 0 Å².